The Labute approximate surface area is 327 Å². The van der Waals surface area contributed by atoms with Crippen LogP contribution in [-0.4, -0.2) is 4.57 Å². The SMILES string of the molecule is c1ccc(N(c2ccccc2)c2ccc(-c3ccc(-c4ccc(-c5ccc(-c6ccc7c(c6)c6ccccc6n7-c6ccccc6)cc5)cc4)cc3)cc2)cc1. The van der Waals surface area contributed by atoms with Gasteiger partial charge in [-0.15, -0.1) is 0 Å². The molecule has 1 heterocycles. The maximum atomic E-state index is 2.36. The van der Waals surface area contributed by atoms with Gasteiger partial charge in [-0.3, -0.25) is 0 Å². The molecule has 2 heteroatoms. The summed E-state index contributed by atoms with van der Waals surface area (Å²) in [6.45, 7) is 0. The molecule has 0 aliphatic rings. The van der Waals surface area contributed by atoms with Crippen molar-refractivity contribution in [2.75, 3.05) is 4.90 Å². The number of nitrogens with zero attached hydrogens (tertiary/aromatic N) is 2. The zero-order valence-electron chi connectivity index (χ0n) is 30.8. The molecular weight excluding hydrogens is 677 g/mol. The van der Waals surface area contributed by atoms with Gasteiger partial charge in [-0.05, 0) is 111 Å². The molecule has 0 saturated heterocycles. The summed E-state index contributed by atoms with van der Waals surface area (Å²) in [4.78, 5) is 2.29. The summed E-state index contributed by atoms with van der Waals surface area (Å²) in [6, 6.07) is 82.8. The van der Waals surface area contributed by atoms with E-state index in [9.17, 15) is 0 Å². The summed E-state index contributed by atoms with van der Waals surface area (Å²) in [7, 11) is 0. The van der Waals surface area contributed by atoms with Crippen molar-refractivity contribution in [1.82, 2.24) is 4.57 Å². The van der Waals surface area contributed by atoms with Gasteiger partial charge in [0.05, 0.1) is 11.0 Å². The van der Waals surface area contributed by atoms with Gasteiger partial charge >= 0.3 is 0 Å². The van der Waals surface area contributed by atoms with Crippen LogP contribution >= 0.6 is 0 Å². The Hall–Kier alpha value is -7.42. The molecule has 0 spiro atoms. The Balaban J connectivity index is 0.860. The zero-order chi connectivity index (χ0) is 37.3. The molecule has 264 valence electrons. The van der Waals surface area contributed by atoms with Crippen LogP contribution in [0, 0.1) is 0 Å². The van der Waals surface area contributed by atoms with Crippen LogP contribution in [0.5, 0.6) is 0 Å². The fourth-order valence-corrected chi connectivity index (χ4v) is 7.98. The van der Waals surface area contributed by atoms with E-state index in [0.717, 1.165) is 17.1 Å². The minimum absolute atomic E-state index is 1.13. The molecule has 56 heavy (non-hydrogen) atoms. The summed E-state index contributed by atoms with van der Waals surface area (Å²) in [6.07, 6.45) is 0. The minimum Gasteiger partial charge on any atom is -0.311 e. The van der Waals surface area contributed by atoms with E-state index in [-0.39, 0.29) is 0 Å². The molecule has 0 radical (unpaired) electrons. The number of hydrogen-bond donors (Lipinski definition) is 0. The van der Waals surface area contributed by atoms with Gasteiger partial charge in [0.25, 0.3) is 0 Å². The summed E-state index contributed by atoms with van der Waals surface area (Å²) < 4.78 is 2.36. The fourth-order valence-electron chi connectivity index (χ4n) is 7.98. The van der Waals surface area contributed by atoms with Crippen molar-refractivity contribution >= 4 is 38.9 Å². The number of anilines is 3. The maximum Gasteiger partial charge on any atom is 0.0541 e. The number of benzene rings is 9. The van der Waals surface area contributed by atoms with Crippen molar-refractivity contribution in [3.63, 3.8) is 0 Å². The molecule has 0 aliphatic heterocycles. The van der Waals surface area contributed by atoms with E-state index >= 15 is 0 Å². The van der Waals surface area contributed by atoms with Crippen LogP contribution < -0.4 is 4.90 Å². The van der Waals surface area contributed by atoms with Crippen molar-refractivity contribution in [3.8, 4) is 50.2 Å². The van der Waals surface area contributed by atoms with Gasteiger partial charge in [0.1, 0.15) is 0 Å². The highest BCUT2D eigenvalue weighted by Gasteiger charge is 2.14. The first-order valence-corrected chi connectivity index (χ1v) is 19.2. The number of rotatable bonds is 8. The standard InChI is InChI=1S/C54H38N2/c1-4-12-47(13-5-1)55(48-14-6-2-7-15-48)50-35-32-44(33-36-50)43-26-24-40(25-27-43)39-20-22-41(23-21-39)42-28-30-45(31-29-42)46-34-37-54-52(38-46)51-18-10-11-19-53(51)56(54)49-16-8-3-9-17-49/h1-38H. The quantitative estimate of drug-likeness (QED) is 0.152. The molecule has 0 aliphatic carbocycles. The molecule has 1 aromatic heterocycles. The van der Waals surface area contributed by atoms with Crippen molar-refractivity contribution in [3.05, 3.63) is 231 Å². The van der Waals surface area contributed by atoms with Crippen LogP contribution in [0.4, 0.5) is 17.1 Å². The fraction of sp³-hybridized carbons (Fsp3) is 0. The van der Waals surface area contributed by atoms with E-state index in [0.29, 0.717) is 0 Å². The topological polar surface area (TPSA) is 8.17 Å². The first-order valence-electron chi connectivity index (χ1n) is 19.2. The molecule has 10 rings (SSSR count). The zero-order valence-corrected chi connectivity index (χ0v) is 30.8. The summed E-state index contributed by atoms with van der Waals surface area (Å²) >= 11 is 0. The second kappa shape index (κ2) is 14.4. The number of para-hydroxylation sites is 4. The molecule has 0 N–H and O–H groups in total. The van der Waals surface area contributed by atoms with Gasteiger partial charge in [-0.1, -0.05) is 164 Å². The van der Waals surface area contributed by atoms with Crippen LogP contribution in [0.1, 0.15) is 0 Å². The summed E-state index contributed by atoms with van der Waals surface area (Å²) in [5, 5.41) is 2.53. The number of aromatic nitrogens is 1. The van der Waals surface area contributed by atoms with Crippen LogP contribution in [0.2, 0.25) is 0 Å². The van der Waals surface area contributed by atoms with Crippen molar-refractivity contribution in [1.29, 1.82) is 0 Å². The first kappa shape index (κ1) is 33.2. The third-order valence-corrected chi connectivity index (χ3v) is 10.8. The Morgan fingerprint density at radius 1 is 0.250 bits per heavy atom. The average Bonchev–Trinajstić information content (AvgIpc) is 3.62. The Morgan fingerprint density at radius 2 is 0.589 bits per heavy atom. The van der Waals surface area contributed by atoms with Crippen molar-refractivity contribution < 1.29 is 0 Å². The van der Waals surface area contributed by atoms with Crippen molar-refractivity contribution in [2.24, 2.45) is 0 Å². The van der Waals surface area contributed by atoms with Gasteiger partial charge in [0.15, 0.2) is 0 Å². The van der Waals surface area contributed by atoms with Gasteiger partial charge in [-0.25, -0.2) is 0 Å². The van der Waals surface area contributed by atoms with E-state index in [2.05, 4.69) is 240 Å². The lowest BCUT2D eigenvalue weighted by Gasteiger charge is -2.25. The monoisotopic (exact) mass is 714 g/mol. The molecule has 0 saturated carbocycles. The van der Waals surface area contributed by atoms with Gasteiger partial charge in [-0.2, -0.15) is 0 Å². The maximum absolute atomic E-state index is 2.36. The molecule has 0 fully saturated rings. The Morgan fingerprint density at radius 3 is 1.07 bits per heavy atom. The third-order valence-electron chi connectivity index (χ3n) is 10.8. The van der Waals surface area contributed by atoms with E-state index in [4.69, 9.17) is 0 Å². The Bertz CT molecular complexity index is 2850. The predicted molar refractivity (Wildman–Crippen MR) is 237 cm³/mol. The number of hydrogen-bond acceptors (Lipinski definition) is 1. The van der Waals surface area contributed by atoms with Crippen LogP contribution in [0.15, 0.2) is 231 Å². The lowest BCUT2D eigenvalue weighted by molar-refractivity contribution is 1.18. The second-order valence-electron chi connectivity index (χ2n) is 14.2. The average molecular weight is 715 g/mol. The number of fused-ring (bicyclic) bond motifs is 3. The third kappa shape index (κ3) is 6.24. The highest BCUT2D eigenvalue weighted by atomic mass is 15.1. The van der Waals surface area contributed by atoms with Gasteiger partial charge in [0, 0.05) is 33.5 Å². The Kier molecular flexibility index (Phi) is 8.55. The first-order chi connectivity index (χ1) is 27.8. The van der Waals surface area contributed by atoms with E-state index in [1.807, 2.05) is 0 Å². The molecular formula is C54H38N2. The van der Waals surface area contributed by atoms with Crippen LogP contribution in [0.3, 0.4) is 0 Å². The predicted octanol–water partition coefficient (Wildman–Crippen LogP) is 14.9. The van der Waals surface area contributed by atoms with Crippen LogP contribution in [0.25, 0.3) is 72.0 Å². The smallest absolute Gasteiger partial charge is 0.0541 e. The van der Waals surface area contributed by atoms with E-state index < -0.39 is 0 Å². The molecule has 0 atom stereocenters. The van der Waals surface area contributed by atoms with E-state index in [1.165, 1.54) is 72.0 Å². The van der Waals surface area contributed by atoms with Crippen molar-refractivity contribution in [2.45, 2.75) is 0 Å². The lowest BCUT2D eigenvalue weighted by atomic mass is 9.96. The molecule has 0 amide bonds. The highest BCUT2D eigenvalue weighted by molar-refractivity contribution is 6.10. The molecule has 2 nitrogen and oxygen atoms in total. The molecule has 9 aromatic carbocycles. The largest absolute Gasteiger partial charge is 0.311 e. The van der Waals surface area contributed by atoms with E-state index in [1.54, 1.807) is 0 Å². The highest BCUT2D eigenvalue weighted by Crippen LogP contribution is 2.37. The second-order valence-corrected chi connectivity index (χ2v) is 14.2. The van der Waals surface area contributed by atoms with Gasteiger partial charge in [0.2, 0.25) is 0 Å². The molecule has 0 unspecified atom stereocenters. The summed E-state index contributed by atoms with van der Waals surface area (Å²) in [5.74, 6) is 0. The van der Waals surface area contributed by atoms with Gasteiger partial charge < -0.3 is 9.47 Å². The lowest BCUT2D eigenvalue weighted by Crippen LogP contribution is -2.09. The minimum atomic E-state index is 1.13. The molecule has 10 aromatic rings. The summed E-state index contributed by atoms with van der Waals surface area (Å²) in [5.41, 5.74) is 16.7. The normalized spacial score (nSPS) is 11.2. The molecule has 0 bridgehead atoms. The van der Waals surface area contributed by atoms with Crippen LogP contribution in [-0.2, 0) is 0 Å².